The molecule has 0 amide bonds. The monoisotopic (exact) mass is 305 g/mol. The topological polar surface area (TPSA) is 99.0 Å². The Hall–Kier alpha value is -1.06. The third kappa shape index (κ3) is 4.22. The summed E-state index contributed by atoms with van der Waals surface area (Å²) in [6.45, 7) is 6.71. The Morgan fingerprint density at radius 3 is 2.65 bits per heavy atom. The molecule has 0 aliphatic carbocycles. The number of nitrogens with zero attached hydrogens (tertiary/aromatic N) is 4. The lowest BCUT2D eigenvalue weighted by Gasteiger charge is -2.23. The van der Waals surface area contributed by atoms with Gasteiger partial charge in [0.05, 0.1) is 23.9 Å². The van der Waals surface area contributed by atoms with Crippen LogP contribution in [-0.4, -0.2) is 59.9 Å². The van der Waals surface area contributed by atoms with Gasteiger partial charge in [-0.15, -0.1) is 5.10 Å². The van der Waals surface area contributed by atoms with E-state index >= 15 is 0 Å². The molecular weight excluding hydrogens is 282 g/mol. The summed E-state index contributed by atoms with van der Waals surface area (Å²) >= 11 is 0. The van der Waals surface area contributed by atoms with E-state index in [1.807, 2.05) is 6.92 Å². The fraction of sp³-hybridized carbons (Fsp3) is 0.909. The van der Waals surface area contributed by atoms with Gasteiger partial charge < -0.3 is 10.1 Å². The van der Waals surface area contributed by atoms with E-state index < -0.39 is 14.6 Å². The average Bonchev–Trinajstić information content (AvgIpc) is 2.75. The first-order chi connectivity index (χ1) is 9.19. The Morgan fingerprint density at radius 2 is 2.10 bits per heavy atom. The van der Waals surface area contributed by atoms with Crippen molar-refractivity contribution in [3.8, 4) is 0 Å². The molecule has 0 spiro atoms. The summed E-state index contributed by atoms with van der Waals surface area (Å²) in [4.78, 5) is 0. The summed E-state index contributed by atoms with van der Waals surface area (Å²) in [5, 5.41) is 14.7. The van der Waals surface area contributed by atoms with Crippen molar-refractivity contribution in [1.82, 2.24) is 25.5 Å². The summed E-state index contributed by atoms with van der Waals surface area (Å²) in [5.41, 5.74) is 0. The molecule has 0 bridgehead atoms. The molecule has 1 heterocycles. The molecule has 1 N–H and O–H groups in total. The number of methoxy groups -OCH3 is 1. The van der Waals surface area contributed by atoms with Crippen molar-refractivity contribution >= 4 is 9.84 Å². The van der Waals surface area contributed by atoms with Crippen molar-refractivity contribution in [2.75, 3.05) is 26.5 Å². The van der Waals surface area contributed by atoms with E-state index in [1.165, 1.54) is 10.9 Å². The van der Waals surface area contributed by atoms with Crippen LogP contribution in [0.2, 0.25) is 0 Å². The maximum atomic E-state index is 11.8. The minimum absolute atomic E-state index is 0.0875. The molecule has 20 heavy (non-hydrogen) atoms. The van der Waals surface area contributed by atoms with Gasteiger partial charge in [-0.05, 0) is 31.2 Å². The van der Waals surface area contributed by atoms with Crippen LogP contribution in [0.5, 0.6) is 0 Å². The van der Waals surface area contributed by atoms with E-state index in [0.29, 0.717) is 19.0 Å². The zero-order valence-corrected chi connectivity index (χ0v) is 13.4. The SMILES string of the molecule is COCCNC(C)c1nnnn1CC(C)(C)S(C)(=O)=O. The maximum absolute atomic E-state index is 11.8. The molecule has 9 heteroatoms. The van der Waals surface area contributed by atoms with Crippen molar-refractivity contribution in [1.29, 1.82) is 0 Å². The highest BCUT2D eigenvalue weighted by Crippen LogP contribution is 2.19. The lowest BCUT2D eigenvalue weighted by Crippen LogP contribution is -2.37. The molecule has 1 rings (SSSR count). The zero-order chi connectivity index (χ0) is 15.4. The highest BCUT2D eigenvalue weighted by molar-refractivity contribution is 7.92. The highest BCUT2D eigenvalue weighted by atomic mass is 32.2. The van der Waals surface area contributed by atoms with Crippen LogP contribution in [0.3, 0.4) is 0 Å². The lowest BCUT2D eigenvalue weighted by molar-refractivity contribution is 0.195. The van der Waals surface area contributed by atoms with Crippen LogP contribution in [0, 0.1) is 0 Å². The van der Waals surface area contributed by atoms with E-state index in [1.54, 1.807) is 21.0 Å². The van der Waals surface area contributed by atoms with Crippen LogP contribution >= 0.6 is 0 Å². The highest BCUT2D eigenvalue weighted by Gasteiger charge is 2.32. The number of aromatic nitrogens is 4. The molecule has 0 aromatic carbocycles. The molecule has 0 aliphatic rings. The fourth-order valence-electron chi connectivity index (χ4n) is 1.58. The van der Waals surface area contributed by atoms with E-state index in [2.05, 4.69) is 20.8 Å². The molecular formula is C11H23N5O3S. The predicted molar refractivity (Wildman–Crippen MR) is 75.0 cm³/mol. The summed E-state index contributed by atoms with van der Waals surface area (Å²) in [7, 11) is -1.57. The normalized spacial score (nSPS) is 14.4. The second kappa shape index (κ2) is 6.59. The minimum Gasteiger partial charge on any atom is -0.383 e. The second-order valence-corrected chi connectivity index (χ2v) is 8.04. The van der Waals surface area contributed by atoms with Gasteiger partial charge in [0.1, 0.15) is 0 Å². The van der Waals surface area contributed by atoms with Crippen molar-refractivity contribution in [3.63, 3.8) is 0 Å². The van der Waals surface area contributed by atoms with E-state index in [4.69, 9.17) is 4.74 Å². The molecule has 1 aromatic rings. The minimum atomic E-state index is -3.20. The Balaban J connectivity index is 2.82. The van der Waals surface area contributed by atoms with Crippen molar-refractivity contribution in [2.45, 2.75) is 38.1 Å². The van der Waals surface area contributed by atoms with E-state index in [9.17, 15) is 8.42 Å². The van der Waals surface area contributed by atoms with Gasteiger partial charge in [0, 0.05) is 19.9 Å². The first-order valence-electron chi connectivity index (χ1n) is 6.37. The Labute approximate surface area is 119 Å². The second-order valence-electron chi connectivity index (χ2n) is 5.40. The number of ether oxygens (including phenoxy) is 1. The van der Waals surface area contributed by atoms with E-state index in [0.717, 1.165) is 0 Å². The summed E-state index contributed by atoms with van der Waals surface area (Å²) in [5.74, 6) is 0.609. The zero-order valence-electron chi connectivity index (χ0n) is 12.6. The Bertz CT molecular complexity index is 526. The van der Waals surface area contributed by atoms with Gasteiger partial charge in [0.25, 0.3) is 0 Å². The number of tetrazole rings is 1. The van der Waals surface area contributed by atoms with Crippen LogP contribution in [-0.2, 0) is 21.1 Å². The van der Waals surface area contributed by atoms with Gasteiger partial charge in [-0.1, -0.05) is 0 Å². The van der Waals surface area contributed by atoms with Gasteiger partial charge >= 0.3 is 0 Å². The fourth-order valence-corrected chi connectivity index (χ4v) is 1.94. The third-order valence-electron chi connectivity index (χ3n) is 3.24. The molecule has 8 nitrogen and oxygen atoms in total. The number of sulfone groups is 1. The summed E-state index contributed by atoms with van der Waals surface area (Å²) in [6.07, 6.45) is 1.22. The van der Waals surface area contributed by atoms with Crippen molar-refractivity contribution in [3.05, 3.63) is 5.82 Å². The first-order valence-corrected chi connectivity index (χ1v) is 8.26. The Kier molecular flexibility index (Phi) is 5.60. The molecule has 1 unspecified atom stereocenters. The van der Waals surface area contributed by atoms with E-state index in [-0.39, 0.29) is 12.6 Å². The number of nitrogens with one attached hydrogen (secondary N) is 1. The molecule has 0 fully saturated rings. The van der Waals surface area contributed by atoms with Crippen LogP contribution in [0.1, 0.15) is 32.6 Å². The van der Waals surface area contributed by atoms with Gasteiger partial charge in [-0.25, -0.2) is 13.1 Å². The average molecular weight is 305 g/mol. The van der Waals surface area contributed by atoms with Gasteiger partial charge in [0.2, 0.25) is 0 Å². The molecule has 0 saturated carbocycles. The quantitative estimate of drug-likeness (QED) is 0.664. The maximum Gasteiger partial charge on any atom is 0.167 e. The smallest absolute Gasteiger partial charge is 0.167 e. The number of hydrogen-bond donors (Lipinski definition) is 1. The van der Waals surface area contributed by atoms with Crippen LogP contribution in [0.15, 0.2) is 0 Å². The van der Waals surface area contributed by atoms with Crippen molar-refractivity contribution < 1.29 is 13.2 Å². The third-order valence-corrected chi connectivity index (χ3v) is 5.37. The molecule has 1 aromatic heterocycles. The predicted octanol–water partition coefficient (Wildman–Crippen LogP) is -0.207. The molecule has 116 valence electrons. The van der Waals surface area contributed by atoms with Gasteiger partial charge in [0.15, 0.2) is 15.7 Å². The molecule has 0 radical (unpaired) electrons. The lowest BCUT2D eigenvalue weighted by atomic mass is 10.2. The standard InChI is InChI=1S/C11H23N5O3S/c1-9(12-6-7-19-4)10-13-14-15-16(10)8-11(2,3)20(5,17)18/h9,12H,6-8H2,1-5H3. The van der Waals surface area contributed by atoms with Crippen molar-refractivity contribution in [2.24, 2.45) is 0 Å². The van der Waals surface area contributed by atoms with Gasteiger partial charge in [-0.2, -0.15) is 0 Å². The summed E-state index contributed by atoms with van der Waals surface area (Å²) < 4.78 is 29.1. The molecule has 1 atom stereocenters. The summed E-state index contributed by atoms with van der Waals surface area (Å²) in [6, 6.07) is -0.0875. The Morgan fingerprint density at radius 1 is 1.45 bits per heavy atom. The number of hydrogen-bond acceptors (Lipinski definition) is 7. The molecule has 0 saturated heterocycles. The van der Waals surface area contributed by atoms with Crippen LogP contribution in [0.25, 0.3) is 0 Å². The largest absolute Gasteiger partial charge is 0.383 e. The van der Waals surface area contributed by atoms with Gasteiger partial charge in [-0.3, -0.25) is 0 Å². The van der Waals surface area contributed by atoms with Crippen LogP contribution in [0.4, 0.5) is 0 Å². The number of rotatable bonds is 8. The molecule has 0 aliphatic heterocycles. The first kappa shape index (κ1) is 17.0. The van der Waals surface area contributed by atoms with Crippen LogP contribution < -0.4 is 5.32 Å².